The molecule has 0 saturated heterocycles. The van der Waals surface area contributed by atoms with Gasteiger partial charge in [0.15, 0.2) is 5.96 Å². The number of benzene rings is 1. The third kappa shape index (κ3) is 6.28. The highest BCUT2D eigenvalue weighted by atomic mass is 16.6. The SMILES string of the molecule is CC(C)(C)OC(=O)c1ccc(C(=O)O)c(C(=O)OC(C)(C)C)c1N=C(N)N. The summed E-state index contributed by atoms with van der Waals surface area (Å²) in [5, 5.41) is 9.45. The molecule has 0 aliphatic heterocycles. The molecule has 0 saturated carbocycles. The maximum absolute atomic E-state index is 12.7. The van der Waals surface area contributed by atoms with Gasteiger partial charge in [0.2, 0.25) is 0 Å². The Kier molecular flexibility index (Phi) is 6.21. The van der Waals surface area contributed by atoms with Gasteiger partial charge in [-0.1, -0.05) is 0 Å². The molecule has 0 aromatic heterocycles. The van der Waals surface area contributed by atoms with Gasteiger partial charge in [-0.15, -0.1) is 0 Å². The molecule has 0 aliphatic rings. The van der Waals surface area contributed by atoms with E-state index in [2.05, 4.69) is 4.99 Å². The topological polar surface area (TPSA) is 154 Å². The number of hydrogen-bond donors (Lipinski definition) is 3. The van der Waals surface area contributed by atoms with Crippen LogP contribution in [0, 0.1) is 0 Å². The maximum atomic E-state index is 12.7. The van der Waals surface area contributed by atoms with Crippen LogP contribution in [0.4, 0.5) is 5.69 Å². The van der Waals surface area contributed by atoms with Gasteiger partial charge in [-0.25, -0.2) is 19.4 Å². The summed E-state index contributed by atoms with van der Waals surface area (Å²) in [6, 6.07) is 2.29. The molecule has 0 atom stereocenters. The number of hydrogen-bond acceptors (Lipinski definition) is 6. The largest absolute Gasteiger partial charge is 0.478 e. The van der Waals surface area contributed by atoms with Crippen molar-refractivity contribution in [3.63, 3.8) is 0 Å². The number of carboxylic acid groups (broad SMARTS) is 1. The van der Waals surface area contributed by atoms with Crippen molar-refractivity contribution >= 4 is 29.6 Å². The van der Waals surface area contributed by atoms with Crippen molar-refractivity contribution in [1.29, 1.82) is 0 Å². The number of ether oxygens (including phenoxy) is 2. The monoisotopic (exact) mass is 379 g/mol. The van der Waals surface area contributed by atoms with Gasteiger partial charge < -0.3 is 26.0 Å². The summed E-state index contributed by atoms with van der Waals surface area (Å²) in [6.45, 7) is 9.82. The summed E-state index contributed by atoms with van der Waals surface area (Å²) in [5.41, 5.74) is 7.77. The fraction of sp³-hybridized carbons (Fsp3) is 0.444. The van der Waals surface area contributed by atoms with E-state index in [1.54, 1.807) is 41.5 Å². The average Bonchev–Trinajstić information content (AvgIpc) is 2.41. The van der Waals surface area contributed by atoms with Crippen molar-refractivity contribution in [2.75, 3.05) is 0 Å². The summed E-state index contributed by atoms with van der Waals surface area (Å²) in [6.07, 6.45) is 0. The third-order valence-electron chi connectivity index (χ3n) is 2.87. The molecule has 1 rings (SSSR count). The number of rotatable bonds is 4. The molecule has 1 aromatic rings. The molecule has 9 heteroatoms. The Morgan fingerprint density at radius 1 is 0.889 bits per heavy atom. The second-order valence-electron chi connectivity index (χ2n) is 7.73. The zero-order valence-electron chi connectivity index (χ0n) is 16.2. The molecule has 0 bridgehead atoms. The first kappa shape index (κ1) is 21.9. The van der Waals surface area contributed by atoms with Gasteiger partial charge in [0, 0.05) is 0 Å². The van der Waals surface area contributed by atoms with Crippen molar-refractivity contribution in [1.82, 2.24) is 0 Å². The van der Waals surface area contributed by atoms with Crippen LogP contribution in [0.3, 0.4) is 0 Å². The Morgan fingerprint density at radius 2 is 1.33 bits per heavy atom. The summed E-state index contributed by atoms with van der Waals surface area (Å²) in [5.74, 6) is -3.67. The van der Waals surface area contributed by atoms with Gasteiger partial charge in [0.25, 0.3) is 0 Å². The molecular formula is C18H25N3O6. The molecule has 0 aliphatic carbocycles. The number of guanidine groups is 1. The van der Waals surface area contributed by atoms with E-state index in [4.69, 9.17) is 20.9 Å². The number of carbonyl (C=O) groups is 3. The lowest BCUT2D eigenvalue weighted by Crippen LogP contribution is -2.28. The highest BCUT2D eigenvalue weighted by molar-refractivity contribution is 6.11. The summed E-state index contributed by atoms with van der Waals surface area (Å²) in [4.78, 5) is 40.6. The van der Waals surface area contributed by atoms with Crippen LogP contribution in [0.2, 0.25) is 0 Å². The quantitative estimate of drug-likeness (QED) is 0.408. The van der Waals surface area contributed by atoms with Gasteiger partial charge in [0.05, 0.1) is 16.8 Å². The van der Waals surface area contributed by atoms with Gasteiger partial charge in [-0.05, 0) is 53.7 Å². The first-order chi connectivity index (χ1) is 12.1. The standard InChI is InChI=1S/C18H25N3O6/c1-17(2,3)26-14(24)10-8-7-9(13(22)23)11(12(10)21-16(19)20)15(25)27-18(4,5)6/h7-8H,1-6H3,(H,22,23)(H4,19,20,21). The maximum Gasteiger partial charge on any atom is 0.341 e. The highest BCUT2D eigenvalue weighted by Crippen LogP contribution is 2.31. The lowest BCUT2D eigenvalue weighted by Gasteiger charge is -2.23. The lowest BCUT2D eigenvalue weighted by molar-refractivity contribution is 0.00661. The Balaban J connectivity index is 3.76. The summed E-state index contributed by atoms with van der Waals surface area (Å²) in [7, 11) is 0. The van der Waals surface area contributed by atoms with Gasteiger partial charge >= 0.3 is 17.9 Å². The number of aromatic carboxylic acids is 1. The van der Waals surface area contributed by atoms with E-state index in [9.17, 15) is 19.5 Å². The van der Waals surface area contributed by atoms with E-state index in [0.717, 1.165) is 6.07 Å². The van der Waals surface area contributed by atoms with E-state index < -0.39 is 46.2 Å². The first-order valence-corrected chi connectivity index (χ1v) is 8.09. The zero-order chi connectivity index (χ0) is 21.2. The van der Waals surface area contributed by atoms with E-state index in [0.29, 0.717) is 0 Å². The molecule has 0 unspecified atom stereocenters. The number of carboxylic acids is 1. The first-order valence-electron chi connectivity index (χ1n) is 8.09. The van der Waals surface area contributed by atoms with Crippen molar-refractivity contribution in [2.24, 2.45) is 16.5 Å². The molecule has 0 amide bonds. The minimum absolute atomic E-state index is 0.163. The molecule has 0 spiro atoms. The Morgan fingerprint density at radius 3 is 1.74 bits per heavy atom. The van der Waals surface area contributed by atoms with Crippen LogP contribution < -0.4 is 11.5 Å². The Bertz CT molecular complexity index is 797. The van der Waals surface area contributed by atoms with Gasteiger partial charge in [-0.2, -0.15) is 0 Å². The molecular weight excluding hydrogens is 354 g/mol. The molecule has 5 N–H and O–H groups in total. The number of aliphatic imine (C=N–C) groups is 1. The number of nitrogens with two attached hydrogens (primary N) is 2. The normalized spacial score (nSPS) is 11.5. The molecule has 1 aromatic carbocycles. The van der Waals surface area contributed by atoms with Crippen molar-refractivity contribution in [3.05, 3.63) is 28.8 Å². The van der Waals surface area contributed by atoms with E-state index in [-0.39, 0.29) is 11.3 Å². The number of esters is 2. The minimum atomic E-state index is -1.40. The second-order valence-corrected chi connectivity index (χ2v) is 7.73. The molecule has 0 fully saturated rings. The van der Waals surface area contributed by atoms with Crippen LogP contribution in [0.25, 0.3) is 0 Å². The number of nitrogens with zero attached hydrogens (tertiary/aromatic N) is 1. The van der Waals surface area contributed by atoms with Crippen molar-refractivity contribution in [2.45, 2.75) is 52.7 Å². The lowest BCUT2D eigenvalue weighted by atomic mass is 10.00. The van der Waals surface area contributed by atoms with Crippen LogP contribution >= 0.6 is 0 Å². The fourth-order valence-electron chi connectivity index (χ4n) is 2.05. The molecule has 27 heavy (non-hydrogen) atoms. The average molecular weight is 379 g/mol. The molecule has 148 valence electrons. The summed E-state index contributed by atoms with van der Waals surface area (Å²) < 4.78 is 10.6. The van der Waals surface area contributed by atoms with Gasteiger partial charge in [-0.3, -0.25) is 0 Å². The fourth-order valence-corrected chi connectivity index (χ4v) is 2.05. The van der Waals surface area contributed by atoms with E-state index in [1.165, 1.54) is 6.07 Å². The predicted octanol–water partition coefficient (Wildman–Crippen LogP) is 2.20. The van der Waals surface area contributed by atoms with Crippen LogP contribution in [-0.4, -0.2) is 40.2 Å². The second kappa shape index (κ2) is 7.65. The highest BCUT2D eigenvalue weighted by Gasteiger charge is 2.31. The van der Waals surface area contributed by atoms with E-state index in [1.807, 2.05) is 0 Å². The Labute approximate surface area is 157 Å². The van der Waals surface area contributed by atoms with Crippen molar-refractivity contribution < 1.29 is 29.0 Å². The minimum Gasteiger partial charge on any atom is -0.478 e. The Hall–Kier alpha value is -3.10. The molecule has 0 heterocycles. The van der Waals surface area contributed by atoms with Crippen LogP contribution in [0.1, 0.15) is 72.6 Å². The third-order valence-corrected chi connectivity index (χ3v) is 2.87. The summed E-state index contributed by atoms with van der Waals surface area (Å²) >= 11 is 0. The van der Waals surface area contributed by atoms with Crippen LogP contribution in [0.5, 0.6) is 0 Å². The molecule has 0 radical (unpaired) electrons. The smallest absolute Gasteiger partial charge is 0.341 e. The molecule has 9 nitrogen and oxygen atoms in total. The van der Waals surface area contributed by atoms with Crippen LogP contribution in [0.15, 0.2) is 17.1 Å². The van der Waals surface area contributed by atoms with Gasteiger partial charge in [0.1, 0.15) is 16.8 Å². The van der Waals surface area contributed by atoms with Crippen molar-refractivity contribution in [3.8, 4) is 0 Å². The van der Waals surface area contributed by atoms with E-state index >= 15 is 0 Å². The number of carbonyl (C=O) groups excluding carboxylic acids is 2. The van der Waals surface area contributed by atoms with Crippen LogP contribution in [-0.2, 0) is 9.47 Å². The predicted molar refractivity (Wildman–Crippen MR) is 99.2 cm³/mol. The zero-order valence-corrected chi connectivity index (χ0v) is 16.2.